The van der Waals surface area contributed by atoms with Crippen molar-refractivity contribution in [2.75, 3.05) is 41.3 Å². The smallest absolute Gasteiger partial charge is 0.416 e. The Balaban J connectivity index is 0.000000559. The summed E-state index contributed by atoms with van der Waals surface area (Å²) in [4.78, 5) is 47.4. The third-order valence-corrected chi connectivity index (χ3v) is 10.6. The van der Waals surface area contributed by atoms with Gasteiger partial charge in [-0.1, -0.05) is 49.2 Å². The molecule has 14 nitrogen and oxygen atoms in total. The number of amides is 2. The van der Waals surface area contributed by atoms with Gasteiger partial charge in [0.25, 0.3) is 11.5 Å². The Morgan fingerprint density at radius 2 is 1.62 bits per heavy atom. The van der Waals surface area contributed by atoms with Crippen molar-refractivity contribution in [1.82, 2.24) is 29.4 Å². The van der Waals surface area contributed by atoms with Crippen LogP contribution in [0.3, 0.4) is 0 Å². The van der Waals surface area contributed by atoms with Gasteiger partial charge in [0.2, 0.25) is 5.91 Å². The minimum atomic E-state index is -4.67. The SMILES string of the molecule is O=S(=O)([O-])c1ccccc1.[C-]#[N+]c1ccc(-n2nccc2-c2c(C(=O)NC3(C(=O)N(C)CC[N+](C)(C)C)CCCC3)c(=O)n(-c3cccc(C(F)(F)F)c3)n2C)cc1. The molecule has 18 heteroatoms. The van der Waals surface area contributed by atoms with Gasteiger partial charge in [-0.05, 0) is 61.4 Å². The Labute approximate surface area is 333 Å². The number of aromatic nitrogens is 4. The number of nitrogens with zero attached hydrogens (tertiary/aromatic N) is 7. The summed E-state index contributed by atoms with van der Waals surface area (Å²) in [5.41, 5.74) is -2.22. The second-order valence-electron chi connectivity index (χ2n) is 14.9. The van der Waals surface area contributed by atoms with Crippen molar-refractivity contribution in [2.45, 2.75) is 42.3 Å². The largest absolute Gasteiger partial charge is 0.744 e. The van der Waals surface area contributed by atoms with E-state index in [4.69, 9.17) is 6.57 Å². The number of hydrogen-bond donors (Lipinski definition) is 1. The predicted octanol–water partition coefficient (Wildman–Crippen LogP) is 5.40. The summed E-state index contributed by atoms with van der Waals surface area (Å²) in [7, 11) is 4.96. The van der Waals surface area contributed by atoms with E-state index in [9.17, 15) is 40.5 Å². The Morgan fingerprint density at radius 3 is 2.17 bits per heavy atom. The molecule has 6 rings (SSSR count). The number of carbonyl (C=O) groups excluding carboxylic acids is 2. The molecule has 0 saturated heterocycles. The molecule has 0 spiro atoms. The highest BCUT2D eigenvalue weighted by Gasteiger charge is 2.45. The highest BCUT2D eigenvalue weighted by molar-refractivity contribution is 7.85. The van der Waals surface area contributed by atoms with Crippen LogP contribution in [0.25, 0.3) is 27.6 Å². The van der Waals surface area contributed by atoms with E-state index in [0.717, 1.165) is 16.8 Å². The fourth-order valence-electron chi connectivity index (χ4n) is 6.72. The molecule has 2 aromatic heterocycles. The van der Waals surface area contributed by atoms with Gasteiger partial charge in [0.05, 0.1) is 74.5 Å². The molecule has 0 radical (unpaired) electrons. The molecular weight excluding hydrogens is 778 g/mol. The monoisotopic (exact) mass is 820 g/mol. The van der Waals surface area contributed by atoms with Gasteiger partial charge >= 0.3 is 6.18 Å². The number of benzene rings is 3. The van der Waals surface area contributed by atoms with E-state index >= 15 is 0 Å². The molecule has 0 aliphatic heterocycles. The summed E-state index contributed by atoms with van der Waals surface area (Å²) in [5, 5.41) is 7.33. The quantitative estimate of drug-likeness (QED) is 0.113. The van der Waals surface area contributed by atoms with Crippen LogP contribution in [0, 0.1) is 6.57 Å². The number of halogens is 3. The van der Waals surface area contributed by atoms with E-state index in [2.05, 4.69) is 15.3 Å². The number of carbonyl (C=O) groups is 2. The Morgan fingerprint density at radius 1 is 0.983 bits per heavy atom. The lowest BCUT2D eigenvalue weighted by Gasteiger charge is -2.34. The summed E-state index contributed by atoms with van der Waals surface area (Å²) >= 11 is 0. The summed E-state index contributed by atoms with van der Waals surface area (Å²) in [6.07, 6.45) is -1.06. The van der Waals surface area contributed by atoms with Crippen molar-refractivity contribution in [3.8, 4) is 22.8 Å². The Hall–Kier alpha value is -6.03. The number of likely N-dealkylation sites (N-methyl/N-ethyl adjacent to an activating group) is 2. The molecule has 1 aliphatic carbocycles. The first-order valence-corrected chi connectivity index (χ1v) is 19.5. The lowest BCUT2D eigenvalue weighted by Crippen LogP contribution is -2.59. The molecular formula is C40H43F3N8O6S. The molecule has 306 valence electrons. The second kappa shape index (κ2) is 16.8. The first kappa shape index (κ1) is 43.1. The molecule has 3 aromatic carbocycles. The van der Waals surface area contributed by atoms with Crippen molar-refractivity contribution >= 4 is 27.6 Å². The summed E-state index contributed by atoms with van der Waals surface area (Å²) in [5.74, 6) is -1.08. The molecule has 1 N–H and O–H groups in total. The molecule has 58 heavy (non-hydrogen) atoms. The fraction of sp³-hybridized carbons (Fsp3) is 0.325. The molecule has 1 saturated carbocycles. The third kappa shape index (κ3) is 9.56. The second-order valence-corrected chi connectivity index (χ2v) is 16.3. The average Bonchev–Trinajstić information content (AvgIpc) is 3.91. The molecule has 1 aliphatic rings. The Kier molecular flexibility index (Phi) is 12.5. The van der Waals surface area contributed by atoms with Gasteiger partial charge in [-0.15, -0.1) is 0 Å². The normalized spacial score (nSPS) is 13.9. The van der Waals surface area contributed by atoms with Crippen molar-refractivity contribution in [2.24, 2.45) is 7.05 Å². The standard InChI is InChI=1S/C34H37F3N8O3.C6H6O3S/c1-38-24-12-14-25(15-13-24)43-27(16-19-39-43)29-28(31(47)44(42(29)3)26-11-9-10-23(22-26)34(35,36)37)30(46)40-33(17-7-8-18-33)32(48)41(2)20-21-45(4,5)6;7-10(8,9)6-4-2-1-3-5-6/h9-16,19,22H,7-8,17-18,20-21H2,2-6H3;1-5H,(H,7,8,9). The minimum absolute atomic E-state index is 0.0839. The first-order valence-electron chi connectivity index (χ1n) is 18.1. The van der Waals surface area contributed by atoms with Crippen molar-refractivity contribution in [3.63, 3.8) is 0 Å². The maximum Gasteiger partial charge on any atom is 0.416 e. The molecule has 2 heterocycles. The van der Waals surface area contributed by atoms with Crippen LogP contribution in [0.2, 0.25) is 0 Å². The van der Waals surface area contributed by atoms with Crippen LogP contribution in [0.4, 0.5) is 18.9 Å². The van der Waals surface area contributed by atoms with Crippen LogP contribution in [-0.2, 0) is 28.1 Å². The van der Waals surface area contributed by atoms with Crippen LogP contribution in [0.15, 0.2) is 101 Å². The van der Waals surface area contributed by atoms with E-state index in [-0.39, 0.29) is 27.7 Å². The zero-order chi connectivity index (χ0) is 42.6. The maximum absolute atomic E-state index is 14.4. The van der Waals surface area contributed by atoms with Gasteiger partial charge in [-0.2, -0.15) is 18.3 Å². The summed E-state index contributed by atoms with van der Waals surface area (Å²) in [6, 6.07) is 19.6. The van der Waals surface area contributed by atoms with Gasteiger partial charge in [0, 0.05) is 14.1 Å². The highest BCUT2D eigenvalue weighted by Crippen LogP contribution is 2.34. The zero-order valence-electron chi connectivity index (χ0n) is 32.5. The number of rotatable bonds is 10. The van der Waals surface area contributed by atoms with Gasteiger partial charge in [0.15, 0.2) is 5.69 Å². The number of quaternary nitrogens is 1. The number of hydrogen-bond acceptors (Lipinski definition) is 7. The zero-order valence-corrected chi connectivity index (χ0v) is 33.3. The molecule has 0 bridgehead atoms. The number of nitrogens with one attached hydrogen (secondary N) is 1. The van der Waals surface area contributed by atoms with Crippen LogP contribution in [-0.4, -0.2) is 100 Å². The number of alkyl halides is 3. The Bertz CT molecular complexity index is 2490. The van der Waals surface area contributed by atoms with Crippen LogP contribution < -0.4 is 10.9 Å². The summed E-state index contributed by atoms with van der Waals surface area (Å²) < 4.78 is 76.4. The van der Waals surface area contributed by atoms with E-state index in [0.29, 0.717) is 60.3 Å². The fourth-order valence-corrected chi connectivity index (χ4v) is 7.21. The lowest BCUT2D eigenvalue weighted by atomic mass is 9.94. The third-order valence-electron chi connectivity index (χ3n) is 9.72. The highest BCUT2D eigenvalue weighted by atomic mass is 32.2. The minimum Gasteiger partial charge on any atom is -0.744 e. The molecule has 0 atom stereocenters. The first-order chi connectivity index (χ1) is 27.2. The van der Waals surface area contributed by atoms with Gasteiger partial charge in [0.1, 0.15) is 26.9 Å². The predicted molar refractivity (Wildman–Crippen MR) is 208 cm³/mol. The average molecular weight is 821 g/mol. The van der Waals surface area contributed by atoms with E-state index < -0.39 is 38.9 Å². The molecule has 2 amide bonds. The van der Waals surface area contributed by atoms with Gasteiger partial charge < -0.3 is 19.3 Å². The lowest BCUT2D eigenvalue weighted by molar-refractivity contribution is -0.869. The van der Waals surface area contributed by atoms with Crippen LogP contribution in [0.5, 0.6) is 0 Å². The van der Waals surface area contributed by atoms with Gasteiger partial charge in [-0.3, -0.25) is 19.1 Å². The van der Waals surface area contributed by atoms with Crippen LogP contribution >= 0.6 is 0 Å². The maximum atomic E-state index is 14.4. The van der Waals surface area contributed by atoms with Crippen LogP contribution in [0.1, 0.15) is 41.6 Å². The van der Waals surface area contributed by atoms with E-state index in [1.54, 1.807) is 48.3 Å². The summed E-state index contributed by atoms with van der Waals surface area (Å²) in [6.45, 7) is 8.39. The molecule has 5 aromatic rings. The van der Waals surface area contributed by atoms with Crippen molar-refractivity contribution in [3.05, 3.63) is 124 Å². The topological polar surface area (TPSA) is 156 Å². The van der Waals surface area contributed by atoms with Crippen molar-refractivity contribution < 1.29 is 40.2 Å². The van der Waals surface area contributed by atoms with Gasteiger partial charge in [-0.25, -0.2) is 22.6 Å². The molecule has 0 unspecified atom stereocenters. The van der Waals surface area contributed by atoms with Crippen molar-refractivity contribution in [1.29, 1.82) is 0 Å². The van der Waals surface area contributed by atoms with E-state index in [1.807, 2.05) is 21.1 Å². The molecule has 1 fully saturated rings. The van der Waals surface area contributed by atoms with E-state index in [1.165, 1.54) is 59.0 Å².